The minimum atomic E-state index is -0.124. The Balaban J connectivity index is 2.03. The standard InChI is InChI=1S/C13H13NO2/c15-12-9-5-1-2-6-10(9)13(16)14-8-4-3-7-11(12)14/h1-4,7,9-10H,5-6,8H2/t9-,10-/m1/s1. The third-order valence-electron chi connectivity index (χ3n) is 3.57. The molecule has 3 heteroatoms. The second-order valence-electron chi connectivity index (χ2n) is 4.45. The van der Waals surface area contributed by atoms with Gasteiger partial charge in [0.2, 0.25) is 5.91 Å². The largest absolute Gasteiger partial charge is 0.305 e. The van der Waals surface area contributed by atoms with Crippen LogP contribution in [-0.4, -0.2) is 23.1 Å². The topological polar surface area (TPSA) is 37.4 Å². The predicted molar refractivity (Wildman–Crippen MR) is 59.3 cm³/mol. The number of carbonyl (C=O) groups is 2. The summed E-state index contributed by atoms with van der Waals surface area (Å²) in [4.78, 5) is 26.0. The van der Waals surface area contributed by atoms with E-state index in [1.54, 1.807) is 11.0 Å². The first-order chi connectivity index (χ1) is 7.79. The van der Waals surface area contributed by atoms with Crippen LogP contribution in [0, 0.1) is 11.8 Å². The van der Waals surface area contributed by atoms with E-state index in [-0.39, 0.29) is 23.5 Å². The molecule has 1 fully saturated rings. The molecule has 0 saturated carbocycles. The summed E-state index contributed by atoms with van der Waals surface area (Å²) in [5, 5.41) is 0. The van der Waals surface area contributed by atoms with Crippen LogP contribution in [0.25, 0.3) is 0 Å². The molecular weight excluding hydrogens is 202 g/mol. The van der Waals surface area contributed by atoms with Crippen LogP contribution >= 0.6 is 0 Å². The molecule has 3 nitrogen and oxygen atoms in total. The Labute approximate surface area is 94.1 Å². The Hall–Kier alpha value is -1.64. The molecule has 0 unspecified atom stereocenters. The van der Waals surface area contributed by atoms with Gasteiger partial charge in [-0.25, -0.2) is 0 Å². The van der Waals surface area contributed by atoms with E-state index >= 15 is 0 Å². The average Bonchev–Trinajstić information content (AvgIpc) is 2.36. The molecule has 2 heterocycles. The molecule has 0 bridgehead atoms. The summed E-state index contributed by atoms with van der Waals surface area (Å²) in [5.41, 5.74) is 0.587. The molecule has 16 heavy (non-hydrogen) atoms. The lowest BCUT2D eigenvalue weighted by molar-refractivity contribution is -0.145. The summed E-state index contributed by atoms with van der Waals surface area (Å²) >= 11 is 0. The first-order valence-electron chi connectivity index (χ1n) is 5.66. The van der Waals surface area contributed by atoms with E-state index in [2.05, 4.69) is 0 Å². The number of Topliss-reactive ketones (excluding diaryl/α,β-unsaturated/α-hetero) is 1. The van der Waals surface area contributed by atoms with Gasteiger partial charge in [0.15, 0.2) is 5.78 Å². The zero-order valence-electron chi connectivity index (χ0n) is 8.93. The number of hydrogen-bond acceptors (Lipinski definition) is 2. The fraction of sp³-hybridized carbons (Fsp3) is 0.385. The van der Waals surface area contributed by atoms with Crippen LogP contribution in [0.3, 0.4) is 0 Å². The van der Waals surface area contributed by atoms with Gasteiger partial charge in [0.25, 0.3) is 0 Å². The molecule has 82 valence electrons. The van der Waals surface area contributed by atoms with E-state index in [1.165, 1.54) is 0 Å². The van der Waals surface area contributed by atoms with Crippen LogP contribution in [0.2, 0.25) is 0 Å². The summed E-state index contributed by atoms with van der Waals surface area (Å²) in [6, 6.07) is 0. The van der Waals surface area contributed by atoms with Crippen molar-refractivity contribution >= 4 is 11.7 Å². The summed E-state index contributed by atoms with van der Waals surface area (Å²) in [5.74, 6) is 0.00972. The molecule has 1 amide bonds. The van der Waals surface area contributed by atoms with Gasteiger partial charge in [-0.3, -0.25) is 9.59 Å². The van der Waals surface area contributed by atoms with E-state index in [0.717, 1.165) is 0 Å². The molecule has 3 rings (SSSR count). The van der Waals surface area contributed by atoms with Crippen LogP contribution < -0.4 is 0 Å². The van der Waals surface area contributed by atoms with E-state index < -0.39 is 0 Å². The smallest absolute Gasteiger partial charge is 0.231 e. The lowest BCUT2D eigenvalue weighted by Gasteiger charge is -2.39. The molecule has 1 aliphatic carbocycles. The monoisotopic (exact) mass is 215 g/mol. The summed E-state index contributed by atoms with van der Waals surface area (Å²) in [7, 11) is 0. The van der Waals surface area contributed by atoms with Gasteiger partial charge in [0.05, 0.1) is 11.6 Å². The summed E-state index contributed by atoms with van der Waals surface area (Å²) < 4.78 is 0. The zero-order valence-corrected chi connectivity index (χ0v) is 8.93. The van der Waals surface area contributed by atoms with Crippen molar-refractivity contribution in [3.8, 4) is 0 Å². The van der Waals surface area contributed by atoms with E-state index in [4.69, 9.17) is 0 Å². The maximum atomic E-state index is 12.2. The average molecular weight is 215 g/mol. The molecule has 3 aliphatic rings. The van der Waals surface area contributed by atoms with Crippen LogP contribution in [0.5, 0.6) is 0 Å². The minimum absolute atomic E-state index is 0.115. The molecule has 2 aliphatic heterocycles. The third-order valence-corrected chi connectivity index (χ3v) is 3.57. The van der Waals surface area contributed by atoms with Crippen molar-refractivity contribution in [2.45, 2.75) is 12.8 Å². The van der Waals surface area contributed by atoms with E-state index in [0.29, 0.717) is 25.1 Å². The van der Waals surface area contributed by atoms with Crippen LogP contribution in [0.15, 0.2) is 36.1 Å². The number of fused-ring (bicyclic) bond motifs is 2. The van der Waals surface area contributed by atoms with E-state index in [1.807, 2.05) is 24.3 Å². The second-order valence-corrected chi connectivity index (χ2v) is 4.45. The fourth-order valence-corrected chi connectivity index (χ4v) is 2.70. The number of ketones is 1. The normalized spacial score (nSPS) is 32.2. The van der Waals surface area contributed by atoms with Crippen LogP contribution in [0.4, 0.5) is 0 Å². The fourth-order valence-electron chi connectivity index (χ4n) is 2.70. The Morgan fingerprint density at radius 2 is 1.81 bits per heavy atom. The van der Waals surface area contributed by atoms with Gasteiger partial charge >= 0.3 is 0 Å². The van der Waals surface area contributed by atoms with Crippen LogP contribution in [0.1, 0.15) is 12.8 Å². The van der Waals surface area contributed by atoms with Crippen molar-refractivity contribution in [3.05, 3.63) is 36.1 Å². The maximum absolute atomic E-state index is 12.2. The number of hydrogen-bond donors (Lipinski definition) is 0. The van der Waals surface area contributed by atoms with Crippen molar-refractivity contribution in [1.82, 2.24) is 4.90 Å². The minimum Gasteiger partial charge on any atom is -0.305 e. The van der Waals surface area contributed by atoms with E-state index in [9.17, 15) is 9.59 Å². The molecule has 0 aromatic carbocycles. The Morgan fingerprint density at radius 3 is 2.62 bits per heavy atom. The number of carbonyl (C=O) groups excluding carboxylic acids is 2. The first kappa shape index (κ1) is 9.58. The lowest BCUT2D eigenvalue weighted by Crippen LogP contribution is -2.50. The van der Waals surface area contributed by atoms with Gasteiger partial charge in [-0.05, 0) is 18.9 Å². The number of amides is 1. The number of allylic oxidation sites excluding steroid dienone is 5. The number of rotatable bonds is 0. The molecular formula is C13H13NO2. The Bertz CT molecular complexity index is 445. The molecule has 0 aromatic rings. The molecule has 1 saturated heterocycles. The maximum Gasteiger partial charge on any atom is 0.231 e. The number of nitrogens with zero attached hydrogens (tertiary/aromatic N) is 1. The molecule has 0 aromatic heterocycles. The van der Waals surface area contributed by atoms with Crippen molar-refractivity contribution in [1.29, 1.82) is 0 Å². The van der Waals surface area contributed by atoms with Crippen molar-refractivity contribution in [2.24, 2.45) is 11.8 Å². The quantitative estimate of drug-likeness (QED) is 0.573. The van der Waals surface area contributed by atoms with Crippen molar-refractivity contribution in [2.75, 3.05) is 6.54 Å². The molecule has 0 radical (unpaired) electrons. The SMILES string of the molecule is O=C1C2=CC=CCN2C(=O)[C@@H]2CC=CC[C@@H]12. The Morgan fingerprint density at radius 1 is 1.06 bits per heavy atom. The highest BCUT2D eigenvalue weighted by Gasteiger charge is 2.44. The predicted octanol–water partition coefficient (Wildman–Crippen LogP) is 1.43. The summed E-state index contributed by atoms with van der Waals surface area (Å²) in [6.07, 6.45) is 11.0. The highest BCUT2D eigenvalue weighted by Crippen LogP contribution is 2.36. The Kier molecular flexibility index (Phi) is 2.06. The van der Waals surface area contributed by atoms with Gasteiger partial charge in [-0.1, -0.05) is 24.3 Å². The van der Waals surface area contributed by atoms with Gasteiger partial charge in [0, 0.05) is 12.5 Å². The number of piperidine rings is 1. The van der Waals surface area contributed by atoms with Gasteiger partial charge in [-0.15, -0.1) is 0 Å². The van der Waals surface area contributed by atoms with Crippen LogP contribution in [-0.2, 0) is 9.59 Å². The van der Waals surface area contributed by atoms with Gasteiger partial charge in [-0.2, -0.15) is 0 Å². The first-order valence-corrected chi connectivity index (χ1v) is 5.66. The third kappa shape index (κ3) is 1.21. The summed E-state index contributed by atoms with van der Waals surface area (Å²) in [6.45, 7) is 0.545. The highest BCUT2D eigenvalue weighted by atomic mass is 16.2. The lowest BCUT2D eigenvalue weighted by atomic mass is 9.75. The molecule has 2 atom stereocenters. The highest BCUT2D eigenvalue weighted by molar-refractivity contribution is 6.07. The van der Waals surface area contributed by atoms with Crippen molar-refractivity contribution < 1.29 is 9.59 Å². The zero-order chi connectivity index (χ0) is 11.1. The van der Waals surface area contributed by atoms with Crippen molar-refractivity contribution in [3.63, 3.8) is 0 Å². The van der Waals surface area contributed by atoms with Gasteiger partial charge < -0.3 is 4.90 Å². The second kappa shape index (κ2) is 3.44. The molecule has 0 N–H and O–H groups in total. The van der Waals surface area contributed by atoms with Gasteiger partial charge in [0.1, 0.15) is 0 Å². The molecule has 0 spiro atoms.